The van der Waals surface area contributed by atoms with Gasteiger partial charge in [0.15, 0.2) is 5.82 Å². The van der Waals surface area contributed by atoms with Crippen molar-refractivity contribution in [3.8, 4) is 0 Å². The van der Waals surface area contributed by atoms with Crippen molar-refractivity contribution in [1.82, 2.24) is 15.5 Å². The first-order valence-electron chi connectivity index (χ1n) is 6.08. The molecule has 1 aromatic rings. The molecule has 2 unspecified atom stereocenters. The third-order valence-corrected chi connectivity index (χ3v) is 3.11. The molecule has 0 aliphatic carbocycles. The Morgan fingerprint density at radius 1 is 1.31 bits per heavy atom. The molecule has 0 radical (unpaired) electrons. The molecular weight excluding hydrogens is 202 g/mol. The van der Waals surface area contributed by atoms with E-state index >= 15 is 0 Å². The Hall–Kier alpha value is -0.900. The van der Waals surface area contributed by atoms with E-state index in [0.717, 1.165) is 24.6 Å². The van der Waals surface area contributed by atoms with Gasteiger partial charge >= 0.3 is 0 Å². The Bertz CT molecular complexity index is 309. The van der Waals surface area contributed by atoms with Crippen LogP contribution in [0.1, 0.15) is 51.7 Å². The average molecular weight is 225 g/mol. The highest BCUT2D eigenvalue weighted by Crippen LogP contribution is 2.16. The Balaban J connectivity index is 2.64. The first-order valence-corrected chi connectivity index (χ1v) is 6.08. The molecule has 16 heavy (non-hydrogen) atoms. The fraction of sp³-hybridized carbons (Fsp3) is 0.833. The standard InChI is InChI=1S/C12H23N3O/c1-6-9(4)12-14-11(16-15-12)7-10(13-5)8(2)3/h8-10,13H,6-7H2,1-5H3. The molecule has 0 aliphatic rings. The normalized spacial score (nSPS) is 15.4. The van der Waals surface area contributed by atoms with Crippen LogP contribution in [-0.2, 0) is 6.42 Å². The molecule has 1 rings (SSSR count). The van der Waals surface area contributed by atoms with Crippen molar-refractivity contribution in [2.75, 3.05) is 7.05 Å². The van der Waals surface area contributed by atoms with Crippen LogP contribution in [0.4, 0.5) is 0 Å². The van der Waals surface area contributed by atoms with Crippen LogP contribution in [0.15, 0.2) is 4.52 Å². The second kappa shape index (κ2) is 5.99. The fourth-order valence-corrected chi connectivity index (χ4v) is 1.59. The molecule has 4 nitrogen and oxygen atoms in total. The molecule has 0 saturated heterocycles. The average Bonchev–Trinajstić information content (AvgIpc) is 2.72. The minimum atomic E-state index is 0.379. The van der Waals surface area contributed by atoms with E-state index in [0.29, 0.717) is 17.9 Å². The van der Waals surface area contributed by atoms with E-state index in [9.17, 15) is 0 Å². The zero-order valence-electron chi connectivity index (χ0n) is 10.9. The first kappa shape index (κ1) is 13.2. The van der Waals surface area contributed by atoms with Crippen molar-refractivity contribution in [3.63, 3.8) is 0 Å². The van der Waals surface area contributed by atoms with Crippen molar-refractivity contribution in [2.24, 2.45) is 5.92 Å². The van der Waals surface area contributed by atoms with E-state index in [-0.39, 0.29) is 0 Å². The smallest absolute Gasteiger partial charge is 0.228 e. The molecule has 1 N–H and O–H groups in total. The van der Waals surface area contributed by atoms with Gasteiger partial charge in [0.2, 0.25) is 5.89 Å². The van der Waals surface area contributed by atoms with Gasteiger partial charge in [-0.15, -0.1) is 0 Å². The monoisotopic (exact) mass is 225 g/mol. The Morgan fingerprint density at radius 3 is 2.50 bits per heavy atom. The number of rotatable bonds is 6. The maximum absolute atomic E-state index is 5.27. The molecular formula is C12H23N3O. The van der Waals surface area contributed by atoms with Gasteiger partial charge in [0.1, 0.15) is 0 Å². The zero-order valence-corrected chi connectivity index (χ0v) is 10.9. The second-order valence-electron chi connectivity index (χ2n) is 4.70. The van der Waals surface area contributed by atoms with Gasteiger partial charge in [0.05, 0.1) is 0 Å². The topological polar surface area (TPSA) is 51.0 Å². The van der Waals surface area contributed by atoms with E-state index in [4.69, 9.17) is 4.52 Å². The van der Waals surface area contributed by atoms with Crippen LogP contribution in [0.5, 0.6) is 0 Å². The Labute approximate surface area is 97.8 Å². The largest absolute Gasteiger partial charge is 0.339 e. The zero-order chi connectivity index (χ0) is 12.1. The van der Waals surface area contributed by atoms with Crippen molar-refractivity contribution in [3.05, 3.63) is 11.7 Å². The van der Waals surface area contributed by atoms with E-state index in [2.05, 4.69) is 43.2 Å². The number of likely N-dealkylation sites (N-methyl/N-ethyl adjacent to an activating group) is 1. The van der Waals surface area contributed by atoms with Crippen molar-refractivity contribution in [1.29, 1.82) is 0 Å². The maximum atomic E-state index is 5.27. The van der Waals surface area contributed by atoms with Gasteiger partial charge in [-0.05, 0) is 19.4 Å². The van der Waals surface area contributed by atoms with Gasteiger partial charge in [-0.1, -0.05) is 32.9 Å². The summed E-state index contributed by atoms with van der Waals surface area (Å²) in [7, 11) is 1.97. The van der Waals surface area contributed by atoms with Crippen LogP contribution in [0.3, 0.4) is 0 Å². The SMILES string of the molecule is CCC(C)c1noc(CC(NC)C(C)C)n1. The minimum absolute atomic E-state index is 0.379. The first-order chi connectivity index (χ1) is 7.58. The summed E-state index contributed by atoms with van der Waals surface area (Å²) in [4.78, 5) is 4.43. The van der Waals surface area contributed by atoms with E-state index in [1.165, 1.54) is 0 Å². The van der Waals surface area contributed by atoms with Crippen LogP contribution in [-0.4, -0.2) is 23.2 Å². The highest BCUT2D eigenvalue weighted by Gasteiger charge is 2.17. The predicted octanol–water partition coefficient (Wildman–Crippen LogP) is 2.37. The molecule has 4 heteroatoms. The Morgan fingerprint density at radius 2 is 2.00 bits per heavy atom. The fourth-order valence-electron chi connectivity index (χ4n) is 1.59. The van der Waals surface area contributed by atoms with Crippen LogP contribution >= 0.6 is 0 Å². The summed E-state index contributed by atoms with van der Waals surface area (Å²) in [5.74, 6) is 2.51. The summed E-state index contributed by atoms with van der Waals surface area (Å²) in [5, 5.41) is 7.29. The van der Waals surface area contributed by atoms with Crippen molar-refractivity contribution >= 4 is 0 Å². The predicted molar refractivity (Wildman–Crippen MR) is 64.4 cm³/mol. The van der Waals surface area contributed by atoms with Crippen LogP contribution < -0.4 is 5.32 Å². The summed E-state index contributed by atoms with van der Waals surface area (Å²) in [5.41, 5.74) is 0. The molecule has 1 aromatic heterocycles. The van der Waals surface area contributed by atoms with Gasteiger partial charge in [-0.2, -0.15) is 4.98 Å². The van der Waals surface area contributed by atoms with Gasteiger partial charge in [-0.3, -0.25) is 0 Å². The summed E-state index contributed by atoms with van der Waals surface area (Å²) in [6, 6.07) is 0.394. The number of aromatic nitrogens is 2. The molecule has 0 fully saturated rings. The molecule has 0 aliphatic heterocycles. The molecule has 1 heterocycles. The maximum Gasteiger partial charge on any atom is 0.228 e. The van der Waals surface area contributed by atoms with E-state index in [1.807, 2.05) is 7.05 Å². The highest BCUT2D eigenvalue weighted by molar-refractivity contribution is 4.95. The molecule has 2 atom stereocenters. The lowest BCUT2D eigenvalue weighted by molar-refractivity contribution is 0.332. The van der Waals surface area contributed by atoms with Crippen LogP contribution in [0, 0.1) is 5.92 Å². The quantitative estimate of drug-likeness (QED) is 0.807. The molecule has 0 bridgehead atoms. The second-order valence-corrected chi connectivity index (χ2v) is 4.70. The lowest BCUT2D eigenvalue weighted by Gasteiger charge is -2.17. The minimum Gasteiger partial charge on any atom is -0.339 e. The molecule has 0 amide bonds. The summed E-state index contributed by atoms with van der Waals surface area (Å²) in [6.07, 6.45) is 1.84. The van der Waals surface area contributed by atoms with Crippen LogP contribution in [0.25, 0.3) is 0 Å². The summed E-state index contributed by atoms with van der Waals surface area (Å²) < 4.78 is 5.27. The number of hydrogen-bond donors (Lipinski definition) is 1. The summed E-state index contributed by atoms with van der Waals surface area (Å²) in [6.45, 7) is 8.62. The number of nitrogens with zero attached hydrogens (tertiary/aromatic N) is 2. The highest BCUT2D eigenvalue weighted by atomic mass is 16.5. The van der Waals surface area contributed by atoms with Gasteiger partial charge in [0.25, 0.3) is 0 Å². The van der Waals surface area contributed by atoms with Crippen molar-refractivity contribution in [2.45, 2.75) is 52.5 Å². The third-order valence-electron chi connectivity index (χ3n) is 3.11. The number of nitrogens with one attached hydrogen (secondary N) is 1. The third kappa shape index (κ3) is 3.30. The Kier molecular flexibility index (Phi) is 4.93. The van der Waals surface area contributed by atoms with Crippen LogP contribution in [0.2, 0.25) is 0 Å². The van der Waals surface area contributed by atoms with Gasteiger partial charge in [-0.25, -0.2) is 0 Å². The molecule has 92 valence electrons. The lowest BCUT2D eigenvalue weighted by Crippen LogP contribution is -2.32. The van der Waals surface area contributed by atoms with Crippen molar-refractivity contribution < 1.29 is 4.52 Å². The van der Waals surface area contributed by atoms with Gasteiger partial charge < -0.3 is 9.84 Å². The van der Waals surface area contributed by atoms with Gasteiger partial charge in [0, 0.05) is 18.4 Å². The molecule has 0 saturated carbocycles. The molecule has 0 aromatic carbocycles. The van der Waals surface area contributed by atoms with E-state index < -0.39 is 0 Å². The van der Waals surface area contributed by atoms with E-state index in [1.54, 1.807) is 0 Å². The lowest BCUT2D eigenvalue weighted by atomic mass is 10.0. The number of hydrogen-bond acceptors (Lipinski definition) is 4. The summed E-state index contributed by atoms with van der Waals surface area (Å²) >= 11 is 0. The molecule has 0 spiro atoms.